The lowest BCUT2D eigenvalue weighted by molar-refractivity contribution is -0.153. The summed E-state index contributed by atoms with van der Waals surface area (Å²) in [5, 5.41) is 9.21. The Bertz CT molecular complexity index is 288. The van der Waals surface area contributed by atoms with Gasteiger partial charge in [0.05, 0.1) is 0 Å². The number of hydrogen-bond donors (Lipinski definition) is 1. The van der Waals surface area contributed by atoms with E-state index < -0.39 is 12.0 Å². The molecule has 4 nitrogen and oxygen atoms in total. The Balaban J connectivity index is 2.69. The van der Waals surface area contributed by atoms with Crippen LogP contribution in [0, 0.1) is 11.8 Å². The van der Waals surface area contributed by atoms with Crippen molar-refractivity contribution < 1.29 is 14.7 Å². The van der Waals surface area contributed by atoms with E-state index in [9.17, 15) is 14.7 Å². The second-order valence-electron chi connectivity index (χ2n) is 5.34. The Morgan fingerprint density at radius 3 is 2.53 bits per heavy atom. The first kappa shape index (κ1) is 14.0. The van der Waals surface area contributed by atoms with Crippen LogP contribution in [0.25, 0.3) is 0 Å². The normalized spacial score (nSPS) is 25.1. The van der Waals surface area contributed by atoms with Crippen LogP contribution in [0.4, 0.5) is 0 Å². The first-order valence-corrected chi connectivity index (χ1v) is 6.48. The lowest BCUT2D eigenvalue weighted by Gasteiger charge is -2.37. The van der Waals surface area contributed by atoms with Gasteiger partial charge >= 0.3 is 5.97 Å². The van der Waals surface area contributed by atoms with Crippen LogP contribution in [-0.4, -0.2) is 34.5 Å². The van der Waals surface area contributed by atoms with Crippen LogP contribution in [-0.2, 0) is 9.59 Å². The zero-order chi connectivity index (χ0) is 13.0. The molecule has 1 saturated heterocycles. The number of carboxylic acids is 1. The fraction of sp³-hybridized carbons (Fsp3) is 0.846. The van der Waals surface area contributed by atoms with Crippen molar-refractivity contribution in [3.8, 4) is 0 Å². The molecular formula is C13H23NO3. The topological polar surface area (TPSA) is 57.6 Å². The SMILES string of the molecule is CCC1CCN(C(=O)CC(C)C)C(C(=O)O)C1. The Morgan fingerprint density at radius 2 is 2.06 bits per heavy atom. The fourth-order valence-electron chi connectivity index (χ4n) is 2.41. The Labute approximate surface area is 103 Å². The third kappa shape index (κ3) is 3.72. The zero-order valence-electron chi connectivity index (χ0n) is 11.0. The van der Waals surface area contributed by atoms with Gasteiger partial charge in [-0.05, 0) is 24.7 Å². The Kier molecular flexibility index (Phi) is 4.97. The maximum Gasteiger partial charge on any atom is 0.326 e. The van der Waals surface area contributed by atoms with Crippen LogP contribution in [0.1, 0.15) is 46.5 Å². The minimum absolute atomic E-state index is 0.0121. The fourth-order valence-corrected chi connectivity index (χ4v) is 2.41. The van der Waals surface area contributed by atoms with Crippen molar-refractivity contribution >= 4 is 11.9 Å². The van der Waals surface area contributed by atoms with E-state index in [1.807, 2.05) is 13.8 Å². The molecular weight excluding hydrogens is 218 g/mol. The van der Waals surface area contributed by atoms with E-state index in [1.54, 1.807) is 4.90 Å². The summed E-state index contributed by atoms with van der Waals surface area (Å²) in [5.41, 5.74) is 0. The second-order valence-corrected chi connectivity index (χ2v) is 5.34. The molecule has 0 aliphatic carbocycles. The average Bonchev–Trinajstić information content (AvgIpc) is 2.27. The van der Waals surface area contributed by atoms with E-state index in [0.717, 1.165) is 12.8 Å². The number of rotatable bonds is 4. The predicted octanol–water partition coefficient (Wildman–Crippen LogP) is 2.13. The molecule has 2 unspecified atom stereocenters. The van der Waals surface area contributed by atoms with Gasteiger partial charge in [0.25, 0.3) is 0 Å². The number of carboxylic acid groups (broad SMARTS) is 1. The predicted molar refractivity (Wildman–Crippen MR) is 65.6 cm³/mol. The number of aliphatic carboxylic acids is 1. The molecule has 4 heteroatoms. The molecule has 1 amide bonds. The van der Waals surface area contributed by atoms with Crippen LogP contribution in [0.15, 0.2) is 0 Å². The summed E-state index contributed by atoms with van der Waals surface area (Å²) in [7, 11) is 0. The van der Waals surface area contributed by atoms with Gasteiger partial charge in [-0.3, -0.25) is 4.79 Å². The van der Waals surface area contributed by atoms with Gasteiger partial charge < -0.3 is 10.0 Å². The summed E-state index contributed by atoms with van der Waals surface area (Å²) in [6.45, 7) is 6.63. The van der Waals surface area contributed by atoms with Crippen LogP contribution in [0.2, 0.25) is 0 Å². The molecule has 1 heterocycles. The highest BCUT2D eigenvalue weighted by molar-refractivity contribution is 5.84. The van der Waals surface area contributed by atoms with Crippen molar-refractivity contribution in [2.75, 3.05) is 6.54 Å². The van der Waals surface area contributed by atoms with Gasteiger partial charge in [0.1, 0.15) is 6.04 Å². The van der Waals surface area contributed by atoms with Gasteiger partial charge in [-0.25, -0.2) is 4.79 Å². The Hall–Kier alpha value is -1.06. The Morgan fingerprint density at radius 1 is 1.41 bits per heavy atom. The monoisotopic (exact) mass is 241 g/mol. The van der Waals surface area contributed by atoms with Crippen molar-refractivity contribution in [1.29, 1.82) is 0 Å². The van der Waals surface area contributed by atoms with Gasteiger partial charge in [0.15, 0.2) is 0 Å². The molecule has 0 saturated carbocycles. The number of hydrogen-bond acceptors (Lipinski definition) is 2. The summed E-state index contributed by atoms with van der Waals surface area (Å²) >= 11 is 0. The van der Waals surface area contributed by atoms with Crippen molar-refractivity contribution in [3.05, 3.63) is 0 Å². The van der Waals surface area contributed by atoms with Crippen molar-refractivity contribution in [3.63, 3.8) is 0 Å². The van der Waals surface area contributed by atoms with Crippen molar-refractivity contribution in [2.24, 2.45) is 11.8 Å². The van der Waals surface area contributed by atoms with Gasteiger partial charge in [-0.15, -0.1) is 0 Å². The summed E-state index contributed by atoms with van der Waals surface area (Å²) in [4.78, 5) is 24.8. The molecule has 0 radical (unpaired) electrons. The molecule has 1 aliphatic heterocycles. The van der Waals surface area contributed by atoms with Crippen LogP contribution >= 0.6 is 0 Å². The van der Waals surface area contributed by atoms with Crippen LogP contribution in [0.3, 0.4) is 0 Å². The second kappa shape index (κ2) is 6.03. The molecule has 0 aromatic carbocycles. The maximum atomic E-state index is 12.0. The zero-order valence-corrected chi connectivity index (χ0v) is 11.0. The van der Waals surface area contributed by atoms with E-state index in [2.05, 4.69) is 6.92 Å². The highest BCUT2D eigenvalue weighted by atomic mass is 16.4. The smallest absolute Gasteiger partial charge is 0.326 e. The first-order valence-electron chi connectivity index (χ1n) is 6.48. The highest BCUT2D eigenvalue weighted by Gasteiger charge is 2.35. The lowest BCUT2D eigenvalue weighted by atomic mass is 9.88. The van der Waals surface area contributed by atoms with E-state index in [4.69, 9.17) is 0 Å². The molecule has 1 rings (SSSR count). The third-order valence-electron chi connectivity index (χ3n) is 3.48. The van der Waals surface area contributed by atoms with Crippen LogP contribution in [0.5, 0.6) is 0 Å². The first-order chi connectivity index (χ1) is 7.95. The molecule has 0 aromatic rings. The van der Waals surface area contributed by atoms with E-state index in [-0.39, 0.29) is 11.8 Å². The molecule has 17 heavy (non-hydrogen) atoms. The molecule has 2 atom stereocenters. The van der Waals surface area contributed by atoms with Gasteiger partial charge in [0, 0.05) is 13.0 Å². The van der Waals surface area contributed by atoms with Gasteiger partial charge in [-0.2, -0.15) is 0 Å². The largest absolute Gasteiger partial charge is 0.480 e. The minimum atomic E-state index is -0.861. The summed E-state index contributed by atoms with van der Waals surface area (Å²) in [6.07, 6.45) is 2.98. The number of piperidine rings is 1. The summed E-state index contributed by atoms with van der Waals surface area (Å²) in [5.74, 6) is -0.151. The number of likely N-dealkylation sites (tertiary alicyclic amines) is 1. The number of carbonyl (C=O) groups excluding carboxylic acids is 1. The molecule has 0 aromatic heterocycles. The summed E-state index contributed by atoms with van der Waals surface area (Å²) < 4.78 is 0. The molecule has 1 fully saturated rings. The van der Waals surface area contributed by atoms with Crippen molar-refractivity contribution in [1.82, 2.24) is 4.90 Å². The molecule has 1 aliphatic rings. The number of amides is 1. The summed E-state index contributed by atoms with van der Waals surface area (Å²) in [6, 6.07) is -0.611. The number of carbonyl (C=O) groups is 2. The van der Waals surface area contributed by atoms with E-state index in [1.165, 1.54) is 0 Å². The van der Waals surface area contributed by atoms with Crippen molar-refractivity contribution in [2.45, 2.75) is 52.5 Å². The quantitative estimate of drug-likeness (QED) is 0.820. The van der Waals surface area contributed by atoms with E-state index in [0.29, 0.717) is 25.3 Å². The number of nitrogens with zero attached hydrogens (tertiary/aromatic N) is 1. The molecule has 98 valence electrons. The minimum Gasteiger partial charge on any atom is -0.480 e. The van der Waals surface area contributed by atoms with Gasteiger partial charge in [-0.1, -0.05) is 27.2 Å². The molecule has 0 bridgehead atoms. The highest BCUT2D eigenvalue weighted by Crippen LogP contribution is 2.26. The average molecular weight is 241 g/mol. The molecule has 1 N–H and O–H groups in total. The van der Waals surface area contributed by atoms with Crippen LogP contribution < -0.4 is 0 Å². The van der Waals surface area contributed by atoms with E-state index >= 15 is 0 Å². The lowest BCUT2D eigenvalue weighted by Crippen LogP contribution is -2.50. The molecule has 0 spiro atoms. The third-order valence-corrected chi connectivity index (χ3v) is 3.48. The maximum absolute atomic E-state index is 12.0. The standard InChI is InChI=1S/C13H23NO3/c1-4-10-5-6-14(11(8-10)13(16)17)12(15)7-9(2)3/h9-11H,4-8H2,1-3H3,(H,16,17). The van der Waals surface area contributed by atoms with Gasteiger partial charge in [0.2, 0.25) is 5.91 Å².